The SMILES string of the molecule is Cl.O=[N+]([O-])c1ccc(NCCNCc2ccccn2)c(Cl)c1. The summed E-state index contributed by atoms with van der Waals surface area (Å²) in [6.07, 6.45) is 1.76. The van der Waals surface area contributed by atoms with Crippen LogP contribution in [0.4, 0.5) is 11.4 Å². The molecular formula is C14H16Cl2N4O2. The summed E-state index contributed by atoms with van der Waals surface area (Å²) in [4.78, 5) is 14.3. The second-order valence-electron chi connectivity index (χ2n) is 4.35. The largest absolute Gasteiger partial charge is 0.383 e. The van der Waals surface area contributed by atoms with Gasteiger partial charge in [0, 0.05) is 38.0 Å². The van der Waals surface area contributed by atoms with E-state index in [1.807, 2.05) is 18.2 Å². The van der Waals surface area contributed by atoms with Crippen molar-refractivity contribution in [3.05, 3.63) is 63.4 Å². The lowest BCUT2D eigenvalue weighted by Gasteiger charge is -2.09. The predicted octanol–water partition coefficient (Wildman–Crippen LogP) is 3.27. The van der Waals surface area contributed by atoms with Gasteiger partial charge in [0.15, 0.2) is 0 Å². The first-order valence-electron chi connectivity index (χ1n) is 6.45. The zero-order valence-corrected chi connectivity index (χ0v) is 13.2. The van der Waals surface area contributed by atoms with E-state index in [9.17, 15) is 10.1 Å². The summed E-state index contributed by atoms with van der Waals surface area (Å²) in [6, 6.07) is 10.1. The maximum Gasteiger partial charge on any atom is 0.271 e. The number of nitro benzene ring substituents is 1. The van der Waals surface area contributed by atoms with E-state index in [4.69, 9.17) is 11.6 Å². The maximum atomic E-state index is 10.6. The van der Waals surface area contributed by atoms with Crippen molar-refractivity contribution in [3.63, 3.8) is 0 Å². The molecule has 2 N–H and O–H groups in total. The van der Waals surface area contributed by atoms with E-state index in [2.05, 4.69) is 15.6 Å². The third-order valence-electron chi connectivity index (χ3n) is 2.81. The highest BCUT2D eigenvalue weighted by atomic mass is 35.5. The number of benzene rings is 1. The average molecular weight is 343 g/mol. The number of pyridine rings is 1. The molecule has 0 amide bonds. The smallest absolute Gasteiger partial charge is 0.271 e. The quantitative estimate of drug-likeness (QED) is 0.458. The van der Waals surface area contributed by atoms with Crippen molar-refractivity contribution in [1.29, 1.82) is 0 Å². The van der Waals surface area contributed by atoms with Crippen LogP contribution < -0.4 is 10.6 Å². The van der Waals surface area contributed by atoms with Crippen molar-refractivity contribution in [1.82, 2.24) is 10.3 Å². The summed E-state index contributed by atoms with van der Waals surface area (Å²) < 4.78 is 0. The number of anilines is 1. The summed E-state index contributed by atoms with van der Waals surface area (Å²) in [6.45, 7) is 2.07. The molecule has 0 aliphatic heterocycles. The summed E-state index contributed by atoms with van der Waals surface area (Å²) in [5.74, 6) is 0. The van der Waals surface area contributed by atoms with Crippen molar-refractivity contribution in [2.75, 3.05) is 18.4 Å². The molecule has 118 valence electrons. The van der Waals surface area contributed by atoms with Crippen LogP contribution in [0.3, 0.4) is 0 Å². The van der Waals surface area contributed by atoms with Crippen molar-refractivity contribution >= 4 is 35.4 Å². The minimum absolute atomic E-state index is 0. The highest BCUT2D eigenvalue weighted by Crippen LogP contribution is 2.26. The van der Waals surface area contributed by atoms with Gasteiger partial charge in [-0.1, -0.05) is 17.7 Å². The molecule has 0 aliphatic rings. The van der Waals surface area contributed by atoms with Gasteiger partial charge < -0.3 is 10.6 Å². The average Bonchev–Trinajstić information content (AvgIpc) is 2.49. The van der Waals surface area contributed by atoms with E-state index >= 15 is 0 Å². The topological polar surface area (TPSA) is 80.1 Å². The second kappa shape index (κ2) is 9.19. The normalized spacial score (nSPS) is 9.86. The molecule has 0 saturated carbocycles. The molecule has 2 rings (SSSR count). The summed E-state index contributed by atoms with van der Waals surface area (Å²) in [7, 11) is 0. The molecule has 1 heterocycles. The third kappa shape index (κ3) is 5.48. The van der Waals surface area contributed by atoms with E-state index in [1.165, 1.54) is 12.1 Å². The van der Waals surface area contributed by atoms with E-state index in [0.717, 1.165) is 12.2 Å². The Morgan fingerprint density at radius 3 is 2.68 bits per heavy atom. The van der Waals surface area contributed by atoms with E-state index in [-0.39, 0.29) is 18.1 Å². The number of rotatable bonds is 7. The van der Waals surface area contributed by atoms with Gasteiger partial charge >= 0.3 is 0 Å². The molecule has 2 aromatic rings. The van der Waals surface area contributed by atoms with Gasteiger partial charge in [-0.05, 0) is 18.2 Å². The van der Waals surface area contributed by atoms with Gasteiger partial charge in [0.1, 0.15) is 0 Å². The molecule has 0 saturated heterocycles. The molecule has 0 bridgehead atoms. The number of aromatic nitrogens is 1. The van der Waals surface area contributed by atoms with Crippen molar-refractivity contribution < 1.29 is 4.92 Å². The molecule has 0 unspecified atom stereocenters. The first-order chi connectivity index (χ1) is 10.2. The highest BCUT2D eigenvalue weighted by Gasteiger charge is 2.08. The van der Waals surface area contributed by atoms with Gasteiger partial charge in [0.05, 0.1) is 21.3 Å². The second-order valence-corrected chi connectivity index (χ2v) is 4.75. The van der Waals surface area contributed by atoms with E-state index in [0.29, 0.717) is 23.8 Å². The Bertz CT molecular complexity index is 611. The molecule has 0 aliphatic carbocycles. The number of nitro groups is 1. The number of nitrogens with one attached hydrogen (secondary N) is 2. The molecule has 0 spiro atoms. The fraction of sp³-hybridized carbons (Fsp3) is 0.214. The Labute approximate surface area is 139 Å². The number of halogens is 2. The standard InChI is InChI=1S/C14H15ClN4O2.ClH/c15-13-9-12(19(20)21)4-5-14(13)18-8-7-16-10-11-3-1-2-6-17-11;/h1-6,9,16,18H,7-8,10H2;1H. The Hall–Kier alpha value is -1.89. The lowest BCUT2D eigenvalue weighted by molar-refractivity contribution is -0.384. The summed E-state index contributed by atoms with van der Waals surface area (Å²) in [5, 5.41) is 17.3. The first kappa shape index (κ1) is 18.2. The first-order valence-corrected chi connectivity index (χ1v) is 6.83. The summed E-state index contributed by atoms with van der Waals surface area (Å²) in [5.41, 5.74) is 1.64. The molecule has 1 aromatic heterocycles. The molecule has 0 fully saturated rings. The molecule has 22 heavy (non-hydrogen) atoms. The van der Waals surface area contributed by atoms with Crippen LogP contribution in [0, 0.1) is 10.1 Å². The molecule has 8 heteroatoms. The molecule has 0 radical (unpaired) electrons. The zero-order chi connectivity index (χ0) is 15.1. The van der Waals surface area contributed by atoms with Crippen LogP contribution in [-0.2, 0) is 6.54 Å². The molecule has 0 atom stereocenters. The lowest BCUT2D eigenvalue weighted by Crippen LogP contribution is -2.22. The zero-order valence-electron chi connectivity index (χ0n) is 11.7. The van der Waals surface area contributed by atoms with Crippen LogP contribution in [0.15, 0.2) is 42.6 Å². The van der Waals surface area contributed by atoms with Gasteiger partial charge in [-0.2, -0.15) is 0 Å². The van der Waals surface area contributed by atoms with Crippen LogP contribution in [0.5, 0.6) is 0 Å². The minimum Gasteiger partial charge on any atom is -0.383 e. The minimum atomic E-state index is -0.468. The third-order valence-corrected chi connectivity index (χ3v) is 3.13. The van der Waals surface area contributed by atoms with Crippen LogP contribution in [-0.4, -0.2) is 23.0 Å². The number of nitrogens with zero attached hydrogens (tertiary/aromatic N) is 2. The van der Waals surface area contributed by atoms with Crippen molar-refractivity contribution in [3.8, 4) is 0 Å². The van der Waals surface area contributed by atoms with Crippen LogP contribution in [0.2, 0.25) is 5.02 Å². The Balaban J connectivity index is 0.00000242. The van der Waals surface area contributed by atoms with Gasteiger partial charge in [0.2, 0.25) is 0 Å². The van der Waals surface area contributed by atoms with Crippen LogP contribution >= 0.6 is 24.0 Å². The summed E-state index contributed by atoms with van der Waals surface area (Å²) >= 11 is 5.98. The lowest BCUT2D eigenvalue weighted by atomic mass is 10.3. The van der Waals surface area contributed by atoms with Gasteiger partial charge in [-0.3, -0.25) is 15.1 Å². The number of non-ortho nitro benzene ring substituents is 1. The fourth-order valence-electron chi connectivity index (χ4n) is 1.77. The fourth-order valence-corrected chi connectivity index (χ4v) is 2.01. The Morgan fingerprint density at radius 1 is 1.23 bits per heavy atom. The Morgan fingerprint density at radius 2 is 2.05 bits per heavy atom. The number of hydrogen-bond acceptors (Lipinski definition) is 5. The van der Waals surface area contributed by atoms with Crippen molar-refractivity contribution in [2.24, 2.45) is 0 Å². The number of hydrogen-bond donors (Lipinski definition) is 2. The molecular weight excluding hydrogens is 327 g/mol. The van der Waals surface area contributed by atoms with Gasteiger partial charge in [0.25, 0.3) is 5.69 Å². The molecule has 1 aromatic carbocycles. The predicted molar refractivity (Wildman–Crippen MR) is 89.8 cm³/mol. The van der Waals surface area contributed by atoms with Crippen LogP contribution in [0.25, 0.3) is 0 Å². The van der Waals surface area contributed by atoms with E-state index in [1.54, 1.807) is 12.3 Å². The van der Waals surface area contributed by atoms with Gasteiger partial charge in [-0.25, -0.2) is 0 Å². The van der Waals surface area contributed by atoms with Crippen LogP contribution in [0.1, 0.15) is 5.69 Å². The van der Waals surface area contributed by atoms with Crippen molar-refractivity contribution in [2.45, 2.75) is 6.54 Å². The molecule has 6 nitrogen and oxygen atoms in total. The highest BCUT2D eigenvalue weighted by molar-refractivity contribution is 6.33. The Kier molecular flexibility index (Phi) is 7.59. The maximum absolute atomic E-state index is 10.6. The monoisotopic (exact) mass is 342 g/mol. The van der Waals surface area contributed by atoms with Gasteiger partial charge in [-0.15, -0.1) is 12.4 Å². The van der Waals surface area contributed by atoms with E-state index < -0.39 is 4.92 Å².